The Balaban J connectivity index is 1.48. The van der Waals surface area contributed by atoms with Crippen LogP contribution in [-0.2, 0) is 0 Å². The van der Waals surface area contributed by atoms with E-state index in [1.807, 2.05) is 41.6 Å². The summed E-state index contributed by atoms with van der Waals surface area (Å²) in [6, 6.07) is 9.81. The summed E-state index contributed by atoms with van der Waals surface area (Å²) < 4.78 is 0. The van der Waals surface area contributed by atoms with E-state index in [-0.39, 0.29) is 11.3 Å². The van der Waals surface area contributed by atoms with Gasteiger partial charge in [0, 0.05) is 44.0 Å². The van der Waals surface area contributed by atoms with Crippen LogP contribution in [0.25, 0.3) is 0 Å². The van der Waals surface area contributed by atoms with E-state index in [9.17, 15) is 4.79 Å². The fourth-order valence-corrected chi connectivity index (χ4v) is 4.02. The fourth-order valence-electron chi connectivity index (χ4n) is 4.02. The number of carbonyl (C=O) groups excluding carboxylic acids is 1. The number of likely N-dealkylation sites (tertiary alicyclic amines) is 1. The number of amides is 1. The first kappa shape index (κ1) is 14.3. The molecule has 1 spiro atoms. The van der Waals surface area contributed by atoms with Crippen molar-refractivity contribution in [3.63, 3.8) is 0 Å². The Morgan fingerprint density at radius 2 is 2.09 bits per heavy atom. The van der Waals surface area contributed by atoms with E-state index in [2.05, 4.69) is 20.9 Å². The minimum atomic E-state index is 0.127. The van der Waals surface area contributed by atoms with Crippen LogP contribution in [0.4, 0.5) is 5.82 Å². The zero-order valence-electron chi connectivity index (χ0n) is 13.2. The fraction of sp³-hybridized carbons (Fsp3) is 0.444. The Hall–Kier alpha value is -2.30. The zero-order chi connectivity index (χ0) is 15.7. The topological polar surface area (TPSA) is 52.2 Å². The summed E-state index contributed by atoms with van der Waals surface area (Å²) in [5.74, 6) is 1.18. The van der Waals surface area contributed by atoms with Gasteiger partial charge in [-0.2, -0.15) is 0 Å². The Labute approximate surface area is 136 Å². The molecule has 23 heavy (non-hydrogen) atoms. The molecular formula is C18H22N4O. The molecule has 5 nitrogen and oxygen atoms in total. The third-order valence-electron chi connectivity index (χ3n) is 5.19. The summed E-state index contributed by atoms with van der Waals surface area (Å²) in [5, 5.41) is 0. The average Bonchev–Trinajstić information content (AvgIpc) is 3.26. The molecule has 2 aliphatic rings. The second-order valence-corrected chi connectivity index (χ2v) is 6.77. The monoisotopic (exact) mass is 310 g/mol. The van der Waals surface area contributed by atoms with Gasteiger partial charge in [-0.1, -0.05) is 6.07 Å². The minimum absolute atomic E-state index is 0.127. The predicted octanol–water partition coefficient (Wildman–Crippen LogP) is 2.54. The van der Waals surface area contributed by atoms with E-state index in [4.69, 9.17) is 0 Å². The van der Waals surface area contributed by atoms with Gasteiger partial charge >= 0.3 is 0 Å². The third-order valence-corrected chi connectivity index (χ3v) is 5.19. The molecule has 0 unspecified atom stereocenters. The summed E-state index contributed by atoms with van der Waals surface area (Å²) in [4.78, 5) is 24.5. The van der Waals surface area contributed by atoms with Gasteiger partial charge in [0.15, 0.2) is 0 Å². The number of nitrogens with zero attached hydrogens (tertiary/aromatic N) is 3. The standard InChI is InChI=1S/C18H22N4O/c23-17(15-5-3-10-19-15)22-12-8-18(14-22)7-4-11-21(13-18)16-6-1-2-9-20-16/h1-3,5-6,9-10,19H,4,7-8,11-14H2/t18-/m1/s1. The second-order valence-electron chi connectivity index (χ2n) is 6.77. The number of hydrogen-bond donors (Lipinski definition) is 1. The molecule has 0 aliphatic carbocycles. The van der Waals surface area contributed by atoms with Crippen molar-refractivity contribution in [3.8, 4) is 0 Å². The number of hydrogen-bond acceptors (Lipinski definition) is 3. The van der Waals surface area contributed by atoms with Crippen molar-refractivity contribution in [1.29, 1.82) is 0 Å². The summed E-state index contributed by atoms with van der Waals surface area (Å²) in [7, 11) is 0. The smallest absolute Gasteiger partial charge is 0.270 e. The van der Waals surface area contributed by atoms with Gasteiger partial charge < -0.3 is 14.8 Å². The number of rotatable bonds is 2. The lowest BCUT2D eigenvalue weighted by atomic mass is 9.79. The summed E-state index contributed by atoms with van der Waals surface area (Å²) >= 11 is 0. The van der Waals surface area contributed by atoms with Crippen molar-refractivity contribution in [2.75, 3.05) is 31.1 Å². The first-order valence-corrected chi connectivity index (χ1v) is 8.34. The van der Waals surface area contributed by atoms with E-state index in [0.29, 0.717) is 5.69 Å². The molecule has 4 heterocycles. The Morgan fingerprint density at radius 1 is 1.13 bits per heavy atom. The number of aromatic amines is 1. The molecule has 0 aromatic carbocycles. The molecule has 4 rings (SSSR count). The molecule has 0 saturated carbocycles. The molecule has 1 atom stereocenters. The van der Waals surface area contributed by atoms with Crippen LogP contribution in [0, 0.1) is 5.41 Å². The van der Waals surface area contributed by atoms with E-state index in [1.54, 1.807) is 0 Å². The Morgan fingerprint density at radius 3 is 2.87 bits per heavy atom. The van der Waals surface area contributed by atoms with Gasteiger partial charge in [0.2, 0.25) is 0 Å². The first-order chi connectivity index (χ1) is 11.3. The molecule has 2 saturated heterocycles. The maximum Gasteiger partial charge on any atom is 0.270 e. The lowest BCUT2D eigenvalue weighted by Gasteiger charge is -2.41. The van der Waals surface area contributed by atoms with Crippen LogP contribution in [0.1, 0.15) is 29.8 Å². The summed E-state index contributed by atoms with van der Waals surface area (Å²) in [6.07, 6.45) is 7.11. The molecule has 2 aromatic rings. The number of pyridine rings is 1. The number of nitrogens with one attached hydrogen (secondary N) is 1. The van der Waals surface area contributed by atoms with Crippen molar-refractivity contribution in [2.24, 2.45) is 5.41 Å². The van der Waals surface area contributed by atoms with Crippen LogP contribution in [-0.4, -0.2) is 47.0 Å². The SMILES string of the molecule is O=C(c1ccc[nH]1)N1CC[C@@]2(CCCN(c3ccccn3)C2)C1. The van der Waals surface area contributed by atoms with Crippen LogP contribution < -0.4 is 4.90 Å². The molecule has 1 N–H and O–H groups in total. The lowest BCUT2D eigenvalue weighted by molar-refractivity contribution is 0.0762. The summed E-state index contributed by atoms with van der Waals surface area (Å²) in [6.45, 7) is 3.77. The molecule has 5 heteroatoms. The number of H-pyrrole nitrogens is 1. The van der Waals surface area contributed by atoms with Gasteiger partial charge in [-0.15, -0.1) is 0 Å². The number of carbonyl (C=O) groups is 1. The van der Waals surface area contributed by atoms with Crippen molar-refractivity contribution >= 4 is 11.7 Å². The van der Waals surface area contributed by atoms with Crippen LogP contribution in [0.3, 0.4) is 0 Å². The molecule has 1 amide bonds. The van der Waals surface area contributed by atoms with Crippen molar-refractivity contribution in [3.05, 3.63) is 48.4 Å². The van der Waals surface area contributed by atoms with E-state index in [1.165, 1.54) is 12.8 Å². The van der Waals surface area contributed by atoms with Crippen molar-refractivity contribution < 1.29 is 4.79 Å². The highest BCUT2D eigenvalue weighted by atomic mass is 16.2. The normalized spacial score (nSPS) is 24.3. The van der Waals surface area contributed by atoms with Gasteiger partial charge in [0.25, 0.3) is 5.91 Å². The van der Waals surface area contributed by atoms with Gasteiger partial charge in [0.1, 0.15) is 11.5 Å². The minimum Gasteiger partial charge on any atom is -0.357 e. The maximum atomic E-state index is 12.6. The molecule has 0 bridgehead atoms. The van der Waals surface area contributed by atoms with Crippen LogP contribution >= 0.6 is 0 Å². The van der Waals surface area contributed by atoms with Gasteiger partial charge in [-0.3, -0.25) is 4.79 Å². The highest BCUT2D eigenvalue weighted by molar-refractivity contribution is 5.92. The van der Waals surface area contributed by atoms with Gasteiger partial charge in [-0.05, 0) is 43.5 Å². The largest absolute Gasteiger partial charge is 0.357 e. The van der Waals surface area contributed by atoms with Crippen LogP contribution in [0.5, 0.6) is 0 Å². The average molecular weight is 310 g/mol. The highest BCUT2D eigenvalue weighted by Gasteiger charge is 2.43. The van der Waals surface area contributed by atoms with Crippen molar-refractivity contribution in [1.82, 2.24) is 14.9 Å². The number of aromatic nitrogens is 2. The second kappa shape index (κ2) is 5.72. The Bertz CT molecular complexity index is 670. The summed E-state index contributed by atoms with van der Waals surface area (Å²) in [5.41, 5.74) is 0.914. The molecule has 0 radical (unpaired) electrons. The highest BCUT2D eigenvalue weighted by Crippen LogP contribution is 2.40. The Kier molecular flexibility index (Phi) is 3.56. The van der Waals surface area contributed by atoms with E-state index in [0.717, 1.165) is 38.4 Å². The molecule has 2 aliphatic heterocycles. The molecular weight excluding hydrogens is 288 g/mol. The predicted molar refractivity (Wildman–Crippen MR) is 89.4 cm³/mol. The van der Waals surface area contributed by atoms with Gasteiger partial charge in [-0.25, -0.2) is 4.98 Å². The van der Waals surface area contributed by atoms with Crippen molar-refractivity contribution in [2.45, 2.75) is 19.3 Å². The molecule has 2 aromatic heterocycles. The zero-order valence-corrected chi connectivity index (χ0v) is 13.2. The molecule has 120 valence electrons. The third kappa shape index (κ3) is 2.71. The number of anilines is 1. The number of piperidine rings is 1. The van der Waals surface area contributed by atoms with Crippen LogP contribution in [0.2, 0.25) is 0 Å². The maximum absolute atomic E-state index is 12.6. The van der Waals surface area contributed by atoms with E-state index < -0.39 is 0 Å². The lowest BCUT2D eigenvalue weighted by Crippen LogP contribution is -2.45. The van der Waals surface area contributed by atoms with E-state index >= 15 is 0 Å². The van der Waals surface area contributed by atoms with Gasteiger partial charge in [0.05, 0.1) is 0 Å². The van der Waals surface area contributed by atoms with Crippen LogP contribution in [0.15, 0.2) is 42.7 Å². The quantitative estimate of drug-likeness (QED) is 0.927. The molecule has 2 fully saturated rings. The first-order valence-electron chi connectivity index (χ1n) is 8.34.